The van der Waals surface area contributed by atoms with Crippen LogP contribution in [-0.4, -0.2) is 69.5 Å². The van der Waals surface area contributed by atoms with Crippen molar-refractivity contribution in [1.82, 2.24) is 24.5 Å². The standard InChI is InChI=1S/C33H47N5O4Si/c1-22(2)43(23(3)4,24(5)6)18-15-29-27-19-25(13-14-30(27)38(35-29)31-12-8-9-17-41-31)28-20-34-36(7)32(28)42-26-11-10-16-37(21-26)33(39)40/h13-14,19-20,22-24,26,31H,8-12,16-17,21H2,1-7H3,(H,39,40)/t26-,31?/m1/s1. The summed E-state index contributed by atoms with van der Waals surface area (Å²) in [5.41, 5.74) is 9.10. The molecule has 43 heavy (non-hydrogen) atoms. The number of benzene rings is 1. The molecule has 0 spiro atoms. The van der Waals surface area contributed by atoms with Crippen LogP contribution in [-0.2, 0) is 11.8 Å². The number of hydrogen-bond donors (Lipinski definition) is 1. The number of aromatic nitrogens is 4. The van der Waals surface area contributed by atoms with E-state index in [2.05, 4.69) is 76.3 Å². The fraction of sp³-hybridized carbons (Fsp3) is 0.606. The van der Waals surface area contributed by atoms with Crippen LogP contribution in [0.4, 0.5) is 4.79 Å². The molecular weight excluding hydrogens is 558 g/mol. The smallest absolute Gasteiger partial charge is 0.407 e. The van der Waals surface area contributed by atoms with Gasteiger partial charge in [-0.1, -0.05) is 53.5 Å². The van der Waals surface area contributed by atoms with Crippen molar-refractivity contribution in [2.75, 3.05) is 19.7 Å². The fourth-order valence-corrected chi connectivity index (χ4v) is 12.5. The van der Waals surface area contributed by atoms with Gasteiger partial charge in [0.25, 0.3) is 0 Å². The van der Waals surface area contributed by atoms with Gasteiger partial charge in [-0.2, -0.15) is 10.2 Å². The maximum absolute atomic E-state index is 11.6. The number of carboxylic acid groups (broad SMARTS) is 1. The highest BCUT2D eigenvalue weighted by Gasteiger charge is 2.42. The minimum absolute atomic E-state index is 0.0966. The lowest BCUT2D eigenvalue weighted by molar-refractivity contribution is -0.0367. The molecule has 0 bridgehead atoms. The van der Waals surface area contributed by atoms with Gasteiger partial charge in [-0.3, -0.25) is 0 Å². The number of carbonyl (C=O) groups is 1. The van der Waals surface area contributed by atoms with Crippen molar-refractivity contribution in [3.05, 3.63) is 30.1 Å². The van der Waals surface area contributed by atoms with Crippen molar-refractivity contribution in [3.8, 4) is 28.5 Å². The highest BCUT2D eigenvalue weighted by molar-refractivity contribution is 6.90. The van der Waals surface area contributed by atoms with Gasteiger partial charge in [-0.15, -0.1) is 5.54 Å². The van der Waals surface area contributed by atoms with Crippen molar-refractivity contribution < 1.29 is 19.4 Å². The van der Waals surface area contributed by atoms with Crippen molar-refractivity contribution in [1.29, 1.82) is 0 Å². The summed E-state index contributed by atoms with van der Waals surface area (Å²) in [7, 11) is -0.111. The van der Waals surface area contributed by atoms with E-state index < -0.39 is 14.2 Å². The summed E-state index contributed by atoms with van der Waals surface area (Å²) >= 11 is 0. The average molecular weight is 606 g/mol. The zero-order valence-electron chi connectivity index (χ0n) is 26.8. The van der Waals surface area contributed by atoms with Crippen LogP contribution in [0.25, 0.3) is 22.0 Å². The predicted octanol–water partition coefficient (Wildman–Crippen LogP) is 7.23. The summed E-state index contributed by atoms with van der Waals surface area (Å²) in [4.78, 5) is 13.0. The molecule has 5 rings (SSSR count). The first kappa shape index (κ1) is 31.1. The van der Waals surface area contributed by atoms with Crippen LogP contribution >= 0.6 is 0 Å². The maximum atomic E-state index is 11.6. The van der Waals surface area contributed by atoms with Crippen molar-refractivity contribution in [3.63, 3.8) is 0 Å². The number of nitrogens with zero attached hydrogens (tertiary/aromatic N) is 5. The van der Waals surface area contributed by atoms with E-state index in [1.165, 1.54) is 4.90 Å². The van der Waals surface area contributed by atoms with Gasteiger partial charge in [0.15, 0.2) is 6.23 Å². The third kappa shape index (κ3) is 6.07. The Morgan fingerprint density at radius 2 is 1.84 bits per heavy atom. The van der Waals surface area contributed by atoms with E-state index in [4.69, 9.17) is 14.6 Å². The van der Waals surface area contributed by atoms with Gasteiger partial charge >= 0.3 is 6.09 Å². The third-order valence-corrected chi connectivity index (χ3v) is 15.8. The Morgan fingerprint density at radius 1 is 1.09 bits per heavy atom. The zero-order chi connectivity index (χ0) is 30.9. The molecule has 1 unspecified atom stereocenters. The van der Waals surface area contributed by atoms with E-state index in [9.17, 15) is 9.90 Å². The molecule has 10 heteroatoms. The molecule has 0 saturated carbocycles. The van der Waals surface area contributed by atoms with Crippen LogP contribution in [0.1, 0.15) is 85.6 Å². The first-order valence-corrected chi connectivity index (χ1v) is 18.1. The molecule has 1 N–H and O–H groups in total. The van der Waals surface area contributed by atoms with Crippen molar-refractivity contribution in [2.24, 2.45) is 7.05 Å². The molecule has 2 fully saturated rings. The van der Waals surface area contributed by atoms with E-state index >= 15 is 0 Å². The van der Waals surface area contributed by atoms with Crippen LogP contribution in [0.15, 0.2) is 24.4 Å². The van der Waals surface area contributed by atoms with Crippen molar-refractivity contribution in [2.45, 2.75) is 103 Å². The first-order valence-electron chi connectivity index (χ1n) is 15.9. The largest absolute Gasteiger partial charge is 0.472 e. The molecule has 2 aliphatic heterocycles. The summed E-state index contributed by atoms with van der Waals surface area (Å²) in [5, 5.41) is 20.1. The van der Waals surface area contributed by atoms with E-state index in [0.29, 0.717) is 35.6 Å². The summed E-state index contributed by atoms with van der Waals surface area (Å²) in [6, 6.07) is 6.36. The van der Waals surface area contributed by atoms with Crippen LogP contribution < -0.4 is 4.74 Å². The van der Waals surface area contributed by atoms with E-state index in [1.807, 2.05) is 17.9 Å². The lowest BCUT2D eigenvalue weighted by atomic mass is 10.0. The summed E-state index contributed by atoms with van der Waals surface area (Å²) in [6.07, 6.45) is 5.29. The fourth-order valence-electron chi connectivity index (χ4n) is 7.27. The Morgan fingerprint density at radius 3 is 2.49 bits per heavy atom. The Bertz CT molecular complexity index is 1490. The third-order valence-electron chi connectivity index (χ3n) is 9.52. The van der Waals surface area contributed by atoms with Crippen LogP contribution in [0.3, 0.4) is 0 Å². The average Bonchev–Trinajstić information content (AvgIpc) is 3.53. The number of rotatable bonds is 7. The predicted molar refractivity (Wildman–Crippen MR) is 172 cm³/mol. The first-order chi connectivity index (χ1) is 20.5. The van der Waals surface area contributed by atoms with Gasteiger partial charge in [-0.25, -0.2) is 14.2 Å². The Kier molecular flexibility index (Phi) is 9.23. The number of hydrogen-bond acceptors (Lipinski definition) is 5. The van der Waals surface area contributed by atoms with Gasteiger partial charge in [0.1, 0.15) is 19.9 Å². The Labute approximate surface area is 256 Å². The molecule has 1 aromatic carbocycles. The monoisotopic (exact) mass is 605 g/mol. The molecule has 2 saturated heterocycles. The second-order valence-corrected chi connectivity index (χ2v) is 18.7. The van der Waals surface area contributed by atoms with E-state index in [0.717, 1.165) is 66.4 Å². The number of likely N-dealkylation sites (tertiary alicyclic amines) is 1. The normalized spacial score (nSPS) is 19.7. The van der Waals surface area contributed by atoms with Crippen LogP contribution in [0, 0.1) is 11.5 Å². The minimum atomic E-state index is -1.97. The minimum Gasteiger partial charge on any atom is -0.472 e. The molecule has 2 aliphatic rings. The topological polar surface area (TPSA) is 94.6 Å². The highest BCUT2D eigenvalue weighted by Crippen LogP contribution is 2.41. The molecule has 232 valence electrons. The van der Waals surface area contributed by atoms with Crippen molar-refractivity contribution >= 4 is 25.1 Å². The number of ether oxygens (including phenoxy) is 2. The van der Waals surface area contributed by atoms with E-state index in [1.54, 1.807) is 4.68 Å². The van der Waals surface area contributed by atoms with Crippen LogP contribution in [0.5, 0.6) is 5.88 Å². The molecule has 0 radical (unpaired) electrons. The maximum Gasteiger partial charge on any atom is 0.407 e. The molecule has 3 aromatic rings. The van der Waals surface area contributed by atoms with Gasteiger partial charge in [0, 0.05) is 25.6 Å². The number of fused-ring (bicyclic) bond motifs is 1. The Hall–Kier alpha value is -3.29. The molecule has 2 aromatic heterocycles. The van der Waals surface area contributed by atoms with E-state index in [-0.39, 0.29) is 12.3 Å². The van der Waals surface area contributed by atoms with Gasteiger partial charge in [-0.05, 0) is 66.4 Å². The quantitative estimate of drug-likeness (QED) is 0.226. The molecular formula is C33H47N5O4Si. The molecule has 2 atom stereocenters. The van der Waals surface area contributed by atoms with Gasteiger partial charge < -0.3 is 19.5 Å². The summed E-state index contributed by atoms with van der Waals surface area (Å²) in [5.74, 6) is 4.26. The number of piperidine rings is 1. The number of aryl methyl sites for hydroxylation is 1. The highest BCUT2D eigenvalue weighted by atomic mass is 28.3. The second kappa shape index (κ2) is 12.7. The van der Waals surface area contributed by atoms with Gasteiger partial charge in [0.2, 0.25) is 5.88 Å². The Balaban J connectivity index is 1.58. The molecule has 0 aliphatic carbocycles. The number of amides is 1. The summed E-state index contributed by atoms with van der Waals surface area (Å²) < 4.78 is 16.4. The van der Waals surface area contributed by atoms with Crippen LogP contribution in [0.2, 0.25) is 16.6 Å². The lowest BCUT2D eigenvalue weighted by Crippen LogP contribution is -2.43. The zero-order valence-corrected chi connectivity index (χ0v) is 27.8. The molecule has 4 heterocycles. The second-order valence-electron chi connectivity index (χ2n) is 13.1. The summed E-state index contributed by atoms with van der Waals surface area (Å²) in [6.45, 7) is 15.6. The molecule has 1 amide bonds. The lowest BCUT2D eigenvalue weighted by Gasteiger charge is -2.38. The van der Waals surface area contributed by atoms with Gasteiger partial charge in [0.05, 0.1) is 23.8 Å². The molecule has 9 nitrogen and oxygen atoms in total. The SMILES string of the molecule is CC(C)[Si](C#Cc1nn(C2CCCCO2)c2ccc(-c3cnn(C)c3O[C@@H]3CCCN(C(=O)O)C3)cc12)(C(C)C)C(C)C.